The molecule has 1 fully saturated rings. The van der Waals surface area contributed by atoms with E-state index in [0.717, 1.165) is 19.3 Å². The predicted octanol–water partition coefficient (Wildman–Crippen LogP) is 1.95. The summed E-state index contributed by atoms with van der Waals surface area (Å²) in [5.74, 6) is -0.0851. The van der Waals surface area contributed by atoms with Gasteiger partial charge in [-0.05, 0) is 44.9 Å². The molecule has 2 rings (SSSR count). The third kappa shape index (κ3) is 5.48. The number of likely N-dealkylation sites (tertiary alicyclic amines) is 1. The van der Waals surface area contributed by atoms with Crippen molar-refractivity contribution in [2.45, 2.75) is 38.4 Å². The number of benzene rings is 1. The van der Waals surface area contributed by atoms with Gasteiger partial charge in [0.15, 0.2) is 6.10 Å². The van der Waals surface area contributed by atoms with Crippen LogP contribution in [0.5, 0.6) is 5.75 Å². The van der Waals surface area contributed by atoms with Crippen LogP contribution in [-0.2, 0) is 9.53 Å². The Bertz CT molecular complexity index is 504. The zero-order valence-corrected chi connectivity index (χ0v) is 13.5. The van der Waals surface area contributed by atoms with Crippen molar-refractivity contribution in [2.75, 3.05) is 26.2 Å². The first-order chi connectivity index (χ1) is 11.1. The molecular weight excluding hydrogens is 299 g/mol. The van der Waals surface area contributed by atoms with Crippen LogP contribution >= 0.6 is 0 Å². The Kier molecular flexibility index (Phi) is 6.80. The minimum absolute atomic E-state index is 0.0744. The molecule has 0 bridgehead atoms. The van der Waals surface area contributed by atoms with E-state index in [0.29, 0.717) is 32.0 Å². The Morgan fingerprint density at radius 3 is 2.83 bits per heavy atom. The second-order valence-electron chi connectivity index (χ2n) is 5.76. The van der Waals surface area contributed by atoms with Crippen molar-refractivity contribution in [3.63, 3.8) is 0 Å². The lowest BCUT2D eigenvalue weighted by atomic mass is 10.1. The van der Waals surface area contributed by atoms with E-state index >= 15 is 0 Å². The summed E-state index contributed by atoms with van der Waals surface area (Å²) in [6, 6.07) is 5.83. The predicted molar refractivity (Wildman–Crippen MR) is 85.7 cm³/mol. The lowest BCUT2D eigenvalue weighted by molar-refractivity contribution is -0.140. The zero-order valence-electron chi connectivity index (χ0n) is 13.5. The molecule has 1 atom stereocenters. The maximum atomic E-state index is 13.1. The first-order valence-corrected chi connectivity index (χ1v) is 8.13. The molecule has 128 valence electrons. The first-order valence-electron chi connectivity index (χ1n) is 8.13. The monoisotopic (exact) mass is 324 g/mol. The van der Waals surface area contributed by atoms with E-state index in [-0.39, 0.29) is 17.8 Å². The summed E-state index contributed by atoms with van der Waals surface area (Å²) < 4.78 is 24.4. The smallest absolute Gasteiger partial charge is 0.263 e. The van der Waals surface area contributed by atoms with Crippen molar-refractivity contribution < 1.29 is 18.7 Å². The number of piperidine rings is 1. The van der Waals surface area contributed by atoms with Gasteiger partial charge in [-0.2, -0.15) is 0 Å². The molecule has 0 saturated carbocycles. The number of amides is 1. The van der Waals surface area contributed by atoms with Gasteiger partial charge in [-0.25, -0.2) is 4.39 Å². The molecule has 2 N–H and O–H groups in total. The van der Waals surface area contributed by atoms with Crippen LogP contribution < -0.4 is 10.5 Å². The molecule has 1 aliphatic rings. The summed E-state index contributed by atoms with van der Waals surface area (Å²) in [6.07, 6.45) is 2.07. The average molecular weight is 324 g/mol. The van der Waals surface area contributed by atoms with Crippen LogP contribution in [-0.4, -0.2) is 49.3 Å². The number of rotatable bonds is 7. The van der Waals surface area contributed by atoms with Gasteiger partial charge in [0.25, 0.3) is 5.91 Å². The summed E-state index contributed by atoms with van der Waals surface area (Å²) >= 11 is 0. The highest BCUT2D eigenvalue weighted by Gasteiger charge is 2.27. The molecular formula is C17H25FN2O3. The molecule has 1 amide bonds. The zero-order chi connectivity index (χ0) is 16.7. The maximum Gasteiger partial charge on any atom is 0.263 e. The molecule has 0 aromatic heterocycles. The van der Waals surface area contributed by atoms with Crippen LogP contribution in [0, 0.1) is 5.82 Å². The van der Waals surface area contributed by atoms with Gasteiger partial charge in [-0.1, -0.05) is 6.07 Å². The summed E-state index contributed by atoms with van der Waals surface area (Å²) in [5.41, 5.74) is 5.44. The lowest BCUT2D eigenvalue weighted by Crippen LogP contribution is -2.46. The van der Waals surface area contributed by atoms with Gasteiger partial charge in [0, 0.05) is 25.8 Å². The Balaban J connectivity index is 1.77. The Morgan fingerprint density at radius 2 is 2.17 bits per heavy atom. The molecule has 1 aliphatic heterocycles. The van der Waals surface area contributed by atoms with E-state index in [4.69, 9.17) is 15.2 Å². The molecule has 1 aromatic rings. The van der Waals surface area contributed by atoms with E-state index in [1.807, 2.05) is 0 Å². The molecule has 0 aliphatic carbocycles. The Labute approximate surface area is 136 Å². The number of hydrogen-bond donors (Lipinski definition) is 1. The number of ether oxygens (including phenoxy) is 2. The normalized spacial score (nSPS) is 17.1. The largest absolute Gasteiger partial charge is 0.481 e. The van der Waals surface area contributed by atoms with Crippen LogP contribution in [0.3, 0.4) is 0 Å². The molecule has 5 nitrogen and oxygen atoms in total. The van der Waals surface area contributed by atoms with Gasteiger partial charge in [0.05, 0.1) is 6.10 Å². The minimum Gasteiger partial charge on any atom is -0.481 e. The molecule has 6 heteroatoms. The molecule has 1 aromatic carbocycles. The molecule has 1 heterocycles. The van der Waals surface area contributed by atoms with E-state index in [2.05, 4.69) is 0 Å². The maximum absolute atomic E-state index is 13.1. The minimum atomic E-state index is -0.633. The Hall–Kier alpha value is -1.66. The second kappa shape index (κ2) is 8.84. The van der Waals surface area contributed by atoms with Crippen LogP contribution in [0.25, 0.3) is 0 Å². The number of halogens is 1. The number of nitrogens with zero attached hydrogens (tertiary/aromatic N) is 1. The molecule has 0 radical (unpaired) electrons. The fourth-order valence-electron chi connectivity index (χ4n) is 2.63. The molecule has 1 saturated heterocycles. The van der Waals surface area contributed by atoms with Gasteiger partial charge in [0.1, 0.15) is 11.6 Å². The number of hydrogen-bond acceptors (Lipinski definition) is 4. The third-order valence-electron chi connectivity index (χ3n) is 3.91. The second-order valence-corrected chi connectivity index (χ2v) is 5.76. The van der Waals surface area contributed by atoms with Crippen LogP contribution in [0.1, 0.15) is 26.2 Å². The molecule has 0 spiro atoms. The highest BCUT2D eigenvalue weighted by Crippen LogP contribution is 2.18. The first kappa shape index (κ1) is 17.7. The van der Waals surface area contributed by atoms with Gasteiger partial charge < -0.3 is 20.1 Å². The van der Waals surface area contributed by atoms with Gasteiger partial charge in [-0.3, -0.25) is 4.79 Å². The van der Waals surface area contributed by atoms with Crippen molar-refractivity contribution in [3.05, 3.63) is 30.1 Å². The van der Waals surface area contributed by atoms with Crippen molar-refractivity contribution in [1.29, 1.82) is 0 Å². The third-order valence-corrected chi connectivity index (χ3v) is 3.91. The van der Waals surface area contributed by atoms with Gasteiger partial charge >= 0.3 is 0 Å². The lowest BCUT2D eigenvalue weighted by Gasteiger charge is -2.33. The molecule has 1 unspecified atom stereocenters. The fraction of sp³-hybridized carbons (Fsp3) is 0.588. The van der Waals surface area contributed by atoms with E-state index < -0.39 is 6.10 Å². The summed E-state index contributed by atoms with van der Waals surface area (Å²) in [7, 11) is 0. The summed E-state index contributed by atoms with van der Waals surface area (Å²) in [6.45, 7) is 4.31. The fourth-order valence-corrected chi connectivity index (χ4v) is 2.63. The molecule has 23 heavy (non-hydrogen) atoms. The van der Waals surface area contributed by atoms with Crippen molar-refractivity contribution in [3.8, 4) is 5.75 Å². The van der Waals surface area contributed by atoms with E-state index in [9.17, 15) is 9.18 Å². The quantitative estimate of drug-likeness (QED) is 0.779. The van der Waals surface area contributed by atoms with Crippen LogP contribution in [0.15, 0.2) is 24.3 Å². The SMILES string of the molecule is CC(Oc1cccc(F)c1)C(=O)N1CCC(OCCCN)CC1. The highest BCUT2D eigenvalue weighted by molar-refractivity contribution is 5.81. The number of nitrogens with two attached hydrogens (primary N) is 1. The van der Waals surface area contributed by atoms with Gasteiger partial charge in [-0.15, -0.1) is 0 Å². The van der Waals surface area contributed by atoms with Crippen molar-refractivity contribution >= 4 is 5.91 Å². The van der Waals surface area contributed by atoms with E-state index in [1.165, 1.54) is 12.1 Å². The van der Waals surface area contributed by atoms with Crippen molar-refractivity contribution in [2.24, 2.45) is 5.73 Å². The van der Waals surface area contributed by atoms with Gasteiger partial charge in [0.2, 0.25) is 0 Å². The summed E-state index contributed by atoms with van der Waals surface area (Å²) in [4.78, 5) is 14.2. The van der Waals surface area contributed by atoms with Crippen molar-refractivity contribution in [1.82, 2.24) is 4.90 Å². The number of carbonyl (C=O) groups is 1. The highest BCUT2D eigenvalue weighted by atomic mass is 19.1. The van der Waals surface area contributed by atoms with E-state index in [1.54, 1.807) is 24.0 Å². The Morgan fingerprint density at radius 1 is 1.43 bits per heavy atom. The average Bonchev–Trinajstić information content (AvgIpc) is 2.55. The van der Waals surface area contributed by atoms with Crippen LogP contribution in [0.4, 0.5) is 4.39 Å². The standard InChI is InChI=1S/C17H25FN2O3/c1-13(23-16-5-2-4-14(18)12-16)17(21)20-9-6-15(7-10-20)22-11-3-8-19/h2,4-5,12-13,15H,3,6-11,19H2,1H3. The number of carbonyl (C=O) groups excluding carboxylic acids is 1. The van der Waals surface area contributed by atoms with Crippen LogP contribution in [0.2, 0.25) is 0 Å². The summed E-state index contributed by atoms with van der Waals surface area (Å²) in [5, 5.41) is 0. The topological polar surface area (TPSA) is 64.8 Å².